The van der Waals surface area contributed by atoms with Crippen LogP contribution in [0.4, 0.5) is 45.5 Å². The van der Waals surface area contributed by atoms with Gasteiger partial charge in [0.15, 0.2) is 0 Å². The van der Waals surface area contributed by atoms with Crippen LogP contribution in [-0.2, 0) is 0 Å². The molecule has 0 saturated heterocycles. The van der Waals surface area contributed by atoms with Gasteiger partial charge in [-0.3, -0.25) is 0 Å². The molecular weight excluding hydrogens is 1470 g/mol. The standard InChI is InChI=1S/C23H41N.C15H25NO2.2C15H25N.C11H17NO.C11H17N.C9H13NO.C9H13N/c1-4-6-8-10-12-14-20-24(21-15-13-11-9-7-5-2)23-18-16-22(3)17-19-23;1-10(2)8-16(9-11(3)4)13-6-14(17)12(5)15(18)7-13;1-6-8-9-16(7-2)15-10-12(3)14(5)13(4)11-15;1-4-6-12-16(13-7-5-2)15-10-8-14(3)9-11-15;1-4-12(5-2)10-7-6-9(3)11(13)8-10;1-4-12(5-2)11-8-6-10(3)7-9-11;1-7-4-5-8(10(2)3)6-9(7)11;1-8-4-6-9(7-5-8)10(2)3/h16-19H,4-15,20-21H2,1-3H3;6-7,10-11,17-18H,8-9H2,1-5H3;10-11H,6-9H2,1-5H3;8-11H,4-7,12-13H2,1-3H3;6-8,13H,4-5H2,1-3H3;6-9H,4-5H2,1-3H3;4-6,11H,1-3H3;4-7H,1-3H3. The van der Waals surface area contributed by atoms with Crippen molar-refractivity contribution in [1.82, 2.24) is 0 Å². The zero-order chi connectivity index (χ0) is 90.1. The van der Waals surface area contributed by atoms with Gasteiger partial charge < -0.3 is 59.6 Å². The Morgan fingerprint density at radius 1 is 0.225 bits per heavy atom. The Morgan fingerprint density at radius 2 is 0.483 bits per heavy atom. The minimum absolute atomic E-state index is 0.155. The SMILES string of the molecule is CCCCCCCCN(CCCCCCCC)c1ccc(C)cc1.CCCCN(CC)c1cc(C)c(C)c(C)c1.CCCCN(CCCC)c1ccc(C)cc1.CCN(CC)c1ccc(C)c(O)c1.CCN(CC)c1ccc(C)cc1.Cc1c(O)cc(N(CC(C)C)CC(C)C)cc1O.Cc1ccc(N(C)C)cc1.Cc1ccc(N(C)C)cc1O. The number of hydrogen-bond donors (Lipinski definition) is 4. The Bertz CT molecular complexity index is 3780. The van der Waals surface area contributed by atoms with Gasteiger partial charge in [-0.2, -0.15) is 0 Å². The average molecular weight is 1650 g/mol. The molecule has 12 heteroatoms. The summed E-state index contributed by atoms with van der Waals surface area (Å²) in [6, 6.07) is 54.8. The van der Waals surface area contributed by atoms with Crippen LogP contribution in [0.25, 0.3) is 0 Å². The number of benzene rings is 8. The summed E-state index contributed by atoms with van der Waals surface area (Å²) < 4.78 is 0. The van der Waals surface area contributed by atoms with Crippen molar-refractivity contribution in [2.24, 2.45) is 11.8 Å². The van der Waals surface area contributed by atoms with Crippen molar-refractivity contribution in [1.29, 1.82) is 0 Å². The van der Waals surface area contributed by atoms with E-state index in [1.807, 2.05) is 77.3 Å². The maximum atomic E-state index is 9.81. The van der Waals surface area contributed by atoms with Crippen LogP contribution in [0, 0.1) is 81.1 Å². The molecule has 0 aliphatic heterocycles. The summed E-state index contributed by atoms with van der Waals surface area (Å²) in [5.74, 6) is 2.12. The van der Waals surface area contributed by atoms with Crippen molar-refractivity contribution in [2.75, 3.05) is 146 Å². The number of unbranched alkanes of at least 4 members (excludes halogenated alkanes) is 13. The molecule has 672 valence electrons. The van der Waals surface area contributed by atoms with E-state index in [-0.39, 0.29) is 11.5 Å². The van der Waals surface area contributed by atoms with Gasteiger partial charge in [0, 0.05) is 182 Å². The summed E-state index contributed by atoms with van der Waals surface area (Å²) in [4.78, 5) is 18.4. The quantitative estimate of drug-likeness (QED) is 0.0275. The molecule has 0 spiro atoms. The molecule has 4 N–H and O–H groups in total. The van der Waals surface area contributed by atoms with Crippen LogP contribution < -0.4 is 39.2 Å². The van der Waals surface area contributed by atoms with E-state index in [9.17, 15) is 20.4 Å². The maximum Gasteiger partial charge on any atom is 0.124 e. The van der Waals surface area contributed by atoms with Crippen LogP contribution in [-0.4, -0.2) is 127 Å². The lowest BCUT2D eigenvalue weighted by molar-refractivity contribution is 0.442. The van der Waals surface area contributed by atoms with E-state index in [0.717, 1.165) is 74.0 Å². The summed E-state index contributed by atoms with van der Waals surface area (Å²) in [5, 5.41) is 38.5. The number of hydrogen-bond acceptors (Lipinski definition) is 12. The van der Waals surface area contributed by atoms with Crippen LogP contribution in [0.3, 0.4) is 0 Å². The van der Waals surface area contributed by atoms with Crippen molar-refractivity contribution >= 4 is 45.5 Å². The second-order valence-electron chi connectivity index (χ2n) is 34.1. The second-order valence-corrected chi connectivity index (χ2v) is 34.1. The molecule has 0 amide bonds. The smallest absolute Gasteiger partial charge is 0.124 e. The molecule has 0 heterocycles. The summed E-state index contributed by atoms with van der Waals surface area (Å²) in [6.45, 7) is 64.6. The van der Waals surface area contributed by atoms with Crippen molar-refractivity contribution in [3.63, 3.8) is 0 Å². The summed E-state index contributed by atoms with van der Waals surface area (Å²) in [5.41, 5.74) is 21.7. The third-order valence-electron chi connectivity index (χ3n) is 22.0. The summed E-state index contributed by atoms with van der Waals surface area (Å²) >= 11 is 0. The fraction of sp³-hybridized carbons (Fsp3) is 0.556. The Balaban J connectivity index is 0.000000695. The van der Waals surface area contributed by atoms with Crippen molar-refractivity contribution < 1.29 is 20.4 Å². The number of phenolic OH excluding ortho intramolecular Hbond substituents is 4. The fourth-order valence-electron chi connectivity index (χ4n) is 13.6. The lowest BCUT2D eigenvalue weighted by Crippen LogP contribution is -2.31. The number of anilines is 8. The van der Waals surface area contributed by atoms with Crippen molar-refractivity contribution in [3.8, 4) is 23.0 Å². The monoisotopic (exact) mass is 1650 g/mol. The Hall–Kier alpha value is -8.64. The predicted octanol–water partition coefficient (Wildman–Crippen LogP) is 28.9. The van der Waals surface area contributed by atoms with Crippen LogP contribution >= 0.6 is 0 Å². The lowest BCUT2D eigenvalue weighted by Gasteiger charge is -2.29. The zero-order valence-corrected chi connectivity index (χ0v) is 81.7. The molecule has 0 aromatic heterocycles. The molecule has 0 aliphatic rings. The molecule has 0 unspecified atom stereocenters. The maximum absolute atomic E-state index is 9.81. The van der Waals surface area contributed by atoms with Gasteiger partial charge in [-0.1, -0.05) is 229 Å². The molecule has 8 aromatic carbocycles. The third-order valence-corrected chi connectivity index (χ3v) is 22.0. The minimum Gasteiger partial charge on any atom is -0.508 e. The highest BCUT2D eigenvalue weighted by atomic mass is 16.3. The first-order valence-corrected chi connectivity index (χ1v) is 46.5. The molecule has 0 radical (unpaired) electrons. The molecule has 0 aliphatic carbocycles. The Kier molecular flexibility index (Phi) is 58.5. The highest BCUT2D eigenvalue weighted by Crippen LogP contribution is 2.34. The van der Waals surface area contributed by atoms with E-state index < -0.39 is 0 Å². The highest BCUT2D eigenvalue weighted by molar-refractivity contribution is 5.60. The van der Waals surface area contributed by atoms with Crippen LogP contribution in [0.15, 0.2) is 158 Å². The van der Waals surface area contributed by atoms with Gasteiger partial charge in [-0.15, -0.1) is 0 Å². The van der Waals surface area contributed by atoms with Gasteiger partial charge in [0.1, 0.15) is 23.0 Å². The minimum atomic E-state index is 0.155. The van der Waals surface area contributed by atoms with Crippen molar-refractivity contribution in [2.45, 2.75) is 282 Å². The molecule has 8 aromatic rings. The predicted molar refractivity (Wildman–Crippen MR) is 537 cm³/mol. The van der Waals surface area contributed by atoms with Crippen LogP contribution in [0.2, 0.25) is 0 Å². The molecule has 12 nitrogen and oxygen atoms in total. The number of phenols is 4. The number of aromatic hydroxyl groups is 4. The van der Waals surface area contributed by atoms with Gasteiger partial charge in [-0.25, -0.2) is 0 Å². The van der Waals surface area contributed by atoms with E-state index in [1.54, 1.807) is 25.1 Å². The van der Waals surface area contributed by atoms with Gasteiger partial charge >= 0.3 is 0 Å². The van der Waals surface area contributed by atoms with E-state index in [2.05, 4.69) is 289 Å². The Morgan fingerprint density at radius 3 is 0.800 bits per heavy atom. The van der Waals surface area contributed by atoms with E-state index in [1.165, 1.54) is 216 Å². The van der Waals surface area contributed by atoms with Gasteiger partial charge in [0.2, 0.25) is 0 Å². The zero-order valence-electron chi connectivity index (χ0n) is 81.7. The van der Waals surface area contributed by atoms with E-state index in [0.29, 0.717) is 28.9 Å². The molecular formula is C108H176N8O4. The van der Waals surface area contributed by atoms with E-state index in [4.69, 9.17) is 0 Å². The third kappa shape index (κ3) is 45.8. The largest absolute Gasteiger partial charge is 0.508 e. The van der Waals surface area contributed by atoms with Crippen LogP contribution in [0.5, 0.6) is 23.0 Å². The number of nitrogens with zero attached hydrogens (tertiary/aromatic N) is 8. The molecule has 0 saturated carbocycles. The van der Waals surface area contributed by atoms with Gasteiger partial charge in [-0.05, 0) is 248 Å². The molecule has 120 heavy (non-hydrogen) atoms. The Labute approximate surface area is 737 Å². The van der Waals surface area contributed by atoms with Gasteiger partial charge in [0.25, 0.3) is 0 Å². The first kappa shape index (κ1) is 109. The molecule has 0 atom stereocenters. The first-order valence-electron chi connectivity index (χ1n) is 46.5. The molecule has 8 rings (SSSR count). The number of rotatable bonds is 40. The van der Waals surface area contributed by atoms with E-state index >= 15 is 0 Å². The lowest BCUT2D eigenvalue weighted by atomic mass is 10.0. The molecule has 0 bridgehead atoms. The van der Waals surface area contributed by atoms with Crippen molar-refractivity contribution in [3.05, 3.63) is 213 Å². The summed E-state index contributed by atoms with van der Waals surface area (Å²) in [6.07, 6.45) is 24.3. The normalized spacial score (nSPS) is 10.4. The topological polar surface area (TPSA) is 107 Å². The van der Waals surface area contributed by atoms with Crippen LogP contribution in [0.1, 0.15) is 268 Å². The highest BCUT2D eigenvalue weighted by Gasteiger charge is 2.16. The second kappa shape index (κ2) is 64.2. The first-order chi connectivity index (χ1) is 57.2. The molecule has 0 fully saturated rings. The fourth-order valence-corrected chi connectivity index (χ4v) is 13.6. The van der Waals surface area contributed by atoms with Gasteiger partial charge in [0.05, 0.1) is 0 Å². The summed E-state index contributed by atoms with van der Waals surface area (Å²) in [7, 11) is 7.99. The average Bonchev–Trinajstić information content (AvgIpc) is 0.836. The number of aryl methyl sites for hydroxylation is 8.